The molecule has 0 bridgehead atoms. The molecule has 2 rings (SSSR count). The number of halogens is 1. The van der Waals surface area contributed by atoms with E-state index in [4.69, 9.17) is 5.53 Å². The molecule has 5 nitrogen and oxygen atoms in total. The number of nitrogens with zero attached hydrogens (tertiary/aromatic N) is 4. The van der Waals surface area contributed by atoms with Crippen LogP contribution >= 0.6 is 0 Å². The van der Waals surface area contributed by atoms with Gasteiger partial charge in [0.1, 0.15) is 5.82 Å². The van der Waals surface area contributed by atoms with Crippen LogP contribution in [0.1, 0.15) is 32.3 Å². The molecule has 0 saturated heterocycles. The summed E-state index contributed by atoms with van der Waals surface area (Å²) in [6.07, 6.45) is 0.737. The summed E-state index contributed by atoms with van der Waals surface area (Å²) in [5.74, 6) is -0.459. The van der Waals surface area contributed by atoms with E-state index in [9.17, 15) is 9.18 Å². The average molecular weight is 290 g/mol. The summed E-state index contributed by atoms with van der Waals surface area (Å²) < 4.78 is 14.2. The highest BCUT2D eigenvalue weighted by Gasteiger charge is 2.53. The molecule has 1 saturated carbocycles. The Morgan fingerprint density at radius 1 is 1.43 bits per heavy atom. The van der Waals surface area contributed by atoms with Gasteiger partial charge in [0.15, 0.2) is 0 Å². The fraction of sp³-hybridized carbons (Fsp3) is 0.533. The molecule has 0 aliphatic heterocycles. The molecule has 21 heavy (non-hydrogen) atoms. The number of carbonyl (C=O) groups is 1. The first-order valence-corrected chi connectivity index (χ1v) is 7.17. The first-order chi connectivity index (χ1) is 10.1. The molecule has 0 atom stereocenters. The number of hydrogen-bond donors (Lipinski definition) is 0. The molecule has 1 aliphatic carbocycles. The van der Waals surface area contributed by atoms with Crippen molar-refractivity contribution in [1.29, 1.82) is 0 Å². The van der Waals surface area contributed by atoms with Gasteiger partial charge in [-0.25, -0.2) is 4.39 Å². The lowest BCUT2D eigenvalue weighted by Crippen LogP contribution is -2.56. The van der Waals surface area contributed by atoms with E-state index in [1.165, 1.54) is 6.07 Å². The first kappa shape index (κ1) is 15.3. The zero-order chi connectivity index (χ0) is 15.5. The molecule has 0 aromatic heterocycles. The van der Waals surface area contributed by atoms with Crippen LogP contribution in [-0.2, 0) is 10.2 Å². The van der Waals surface area contributed by atoms with E-state index in [1.807, 2.05) is 13.8 Å². The number of hydrogen-bond acceptors (Lipinski definition) is 2. The van der Waals surface area contributed by atoms with E-state index in [0.29, 0.717) is 31.5 Å². The van der Waals surface area contributed by atoms with Crippen LogP contribution in [-0.4, -0.2) is 29.9 Å². The Morgan fingerprint density at radius 3 is 2.57 bits per heavy atom. The Balaban J connectivity index is 2.40. The van der Waals surface area contributed by atoms with Crippen LogP contribution in [0.3, 0.4) is 0 Å². The van der Waals surface area contributed by atoms with Crippen LogP contribution in [0.5, 0.6) is 0 Å². The van der Waals surface area contributed by atoms with Crippen molar-refractivity contribution in [3.05, 3.63) is 46.1 Å². The maximum Gasteiger partial charge on any atom is 0.233 e. The third-order valence-corrected chi connectivity index (χ3v) is 4.23. The highest BCUT2D eigenvalue weighted by atomic mass is 19.1. The Hall–Kier alpha value is -2.07. The Bertz CT molecular complexity index is 573. The van der Waals surface area contributed by atoms with Gasteiger partial charge in [-0.05, 0) is 38.3 Å². The third kappa shape index (κ3) is 2.59. The maximum absolute atomic E-state index is 14.2. The van der Waals surface area contributed by atoms with E-state index in [0.717, 1.165) is 0 Å². The van der Waals surface area contributed by atoms with Crippen molar-refractivity contribution in [1.82, 2.24) is 4.90 Å². The third-order valence-electron chi connectivity index (χ3n) is 4.23. The van der Waals surface area contributed by atoms with Crippen LogP contribution in [0.4, 0.5) is 4.39 Å². The Labute approximate surface area is 123 Å². The molecule has 1 aromatic rings. The van der Waals surface area contributed by atoms with Crippen LogP contribution < -0.4 is 0 Å². The fourth-order valence-corrected chi connectivity index (χ4v) is 3.07. The van der Waals surface area contributed by atoms with Crippen LogP contribution in [0.25, 0.3) is 10.4 Å². The predicted molar refractivity (Wildman–Crippen MR) is 78.2 cm³/mol. The van der Waals surface area contributed by atoms with Gasteiger partial charge in [-0.3, -0.25) is 4.79 Å². The van der Waals surface area contributed by atoms with E-state index in [1.54, 1.807) is 23.1 Å². The molecule has 6 heteroatoms. The lowest BCUT2D eigenvalue weighted by molar-refractivity contribution is -0.141. The summed E-state index contributed by atoms with van der Waals surface area (Å²) >= 11 is 0. The molecule has 112 valence electrons. The summed E-state index contributed by atoms with van der Waals surface area (Å²) in [4.78, 5) is 17.3. The number of carbonyl (C=O) groups excluding carboxylic acids is 1. The topological polar surface area (TPSA) is 69.1 Å². The van der Waals surface area contributed by atoms with Crippen LogP contribution in [0.15, 0.2) is 29.4 Å². The quantitative estimate of drug-likeness (QED) is 0.465. The molecule has 1 aliphatic rings. The molecule has 0 N–H and O–H groups in total. The largest absolute Gasteiger partial charge is 0.342 e. The van der Waals surface area contributed by atoms with Crippen LogP contribution in [0.2, 0.25) is 0 Å². The SMILES string of the molecule is CCN(CC)C(=O)C1(c2ccccc2F)CC(N=[N+]=[N-])C1. The van der Waals surface area contributed by atoms with Crippen molar-refractivity contribution in [2.24, 2.45) is 5.11 Å². The Morgan fingerprint density at radius 2 is 2.05 bits per heavy atom. The maximum atomic E-state index is 14.2. The number of likely N-dealkylation sites (N-methyl/N-ethyl adjacent to an activating group) is 1. The summed E-state index contributed by atoms with van der Waals surface area (Å²) in [5.41, 5.74) is 8.04. The molecule has 0 heterocycles. The summed E-state index contributed by atoms with van der Waals surface area (Å²) in [7, 11) is 0. The van der Waals surface area contributed by atoms with Crippen molar-refractivity contribution in [3.63, 3.8) is 0 Å². The minimum absolute atomic E-state index is 0.0815. The minimum Gasteiger partial charge on any atom is -0.342 e. The zero-order valence-electron chi connectivity index (χ0n) is 12.3. The zero-order valence-corrected chi connectivity index (χ0v) is 12.3. The molecule has 0 spiro atoms. The predicted octanol–water partition coefficient (Wildman–Crippen LogP) is 3.40. The van der Waals surface area contributed by atoms with Crippen LogP contribution in [0, 0.1) is 5.82 Å². The van der Waals surface area contributed by atoms with Gasteiger partial charge in [0, 0.05) is 29.6 Å². The van der Waals surface area contributed by atoms with E-state index in [2.05, 4.69) is 10.0 Å². The highest BCUT2D eigenvalue weighted by Crippen LogP contribution is 2.47. The van der Waals surface area contributed by atoms with Gasteiger partial charge in [0.2, 0.25) is 5.91 Å². The average Bonchev–Trinajstić information content (AvgIpc) is 2.44. The van der Waals surface area contributed by atoms with Gasteiger partial charge in [-0.15, -0.1) is 0 Å². The molecule has 1 fully saturated rings. The lowest BCUT2D eigenvalue weighted by Gasteiger charge is -2.47. The van der Waals surface area contributed by atoms with E-state index >= 15 is 0 Å². The highest BCUT2D eigenvalue weighted by molar-refractivity contribution is 5.89. The second-order valence-corrected chi connectivity index (χ2v) is 5.31. The minimum atomic E-state index is -0.893. The monoisotopic (exact) mass is 290 g/mol. The van der Waals surface area contributed by atoms with Gasteiger partial charge < -0.3 is 4.90 Å². The second kappa shape index (κ2) is 6.14. The molecule has 1 amide bonds. The molecular formula is C15H19FN4O. The fourth-order valence-electron chi connectivity index (χ4n) is 3.07. The van der Waals surface area contributed by atoms with E-state index in [-0.39, 0.29) is 17.8 Å². The smallest absolute Gasteiger partial charge is 0.233 e. The lowest BCUT2D eigenvalue weighted by atomic mass is 9.60. The van der Waals surface area contributed by atoms with E-state index < -0.39 is 5.41 Å². The van der Waals surface area contributed by atoms with Gasteiger partial charge in [0.05, 0.1) is 5.41 Å². The van der Waals surface area contributed by atoms with Crippen molar-refractivity contribution in [2.45, 2.75) is 38.1 Å². The molecular weight excluding hydrogens is 271 g/mol. The van der Waals surface area contributed by atoms with Crippen molar-refractivity contribution in [3.8, 4) is 0 Å². The van der Waals surface area contributed by atoms with Gasteiger partial charge in [-0.1, -0.05) is 23.3 Å². The number of amides is 1. The number of benzene rings is 1. The number of rotatable bonds is 5. The summed E-state index contributed by atoms with van der Waals surface area (Å²) in [6, 6.07) is 6.12. The van der Waals surface area contributed by atoms with Crippen molar-refractivity contribution >= 4 is 5.91 Å². The summed E-state index contributed by atoms with van der Waals surface area (Å²) in [5, 5.41) is 3.66. The normalized spacial score (nSPS) is 23.9. The number of azide groups is 1. The molecule has 1 aromatic carbocycles. The van der Waals surface area contributed by atoms with Gasteiger partial charge >= 0.3 is 0 Å². The van der Waals surface area contributed by atoms with Gasteiger partial charge in [0.25, 0.3) is 0 Å². The Kier molecular flexibility index (Phi) is 4.48. The molecule has 0 unspecified atom stereocenters. The van der Waals surface area contributed by atoms with Crippen molar-refractivity contribution < 1.29 is 9.18 Å². The van der Waals surface area contributed by atoms with Gasteiger partial charge in [-0.2, -0.15) is 0 Å². The molecule has 0 radical (unpaired) electrons. The summed E-state index contributed by atoms with van der Waals surface area (Å²) in [6.45, 7) is 4.97. The second-order valence-electron chi connectivity index (χ2n) is 5.31. The standard InChI is InChI=1S/C15H19FN4O/c1-3-20(4-2)14(21)15(9-11(10-15)18-19-17)12-7-5-6-8-13(12)16/h5-8,11H,3-4,9-10H2,1-2H3. The van der Waals surface area contributed by atoms with Crippen molar-refractivity contribution in [2.75, 3.05) is 13.1 Å². The first-order valence-electron chi connectivity index (χ1n) is 7.17.